The molecule has 0 unspecified atom stereocenters. The lowest BCUT2D eigenvalue weighted by Gasteiger charge is -2.18. The van der Waals surface area contributed by atoms with Crippen LogP contribution in [-0.4, -0.2) is 38.0 Å². The monoisotopic (exact) mass is 349 g/mol. The van der Waals surface area contributed by atoms with E-state index in [1.807, 2.05) is 30.3 Å². The Balaban J connectivity index is 2.32. The molecule has 128 valence electrons. The molecule has 0 saturated carbocycles. The third-order valence-corrected chi connectivity index (χ3v) is 5.35. The van der Waals surface area contributed by atoms with Crippen molar-refractivity contribution in [2.24, 2.45) is 0 Å². The van der Waals surface area contributed by atoms with E-state index in [9.17, 15) is 13.2 Å². The van der Waals surface area contributed by atoms with Crippen LogP contribution in [-0.2, 0) is 27.8 Å². The first-order valence-corrected chi connectivity index (χ1v) is 8.67. The van der Waals surface area contributed by atoms with Crippen LogP contribution >= 0.6 is 0 Å². The molecule has 2 rings (SSSR count). The van der Waals surface area contributed by atoms with E-state index in [0.29, 0.717) is 11.3 Å². The third-order valence-electron chi connectivity index (χ3n) is 3.55. The molecule has 7 heteroatoms. The number of methoxy groups -OCH3 is 1. The number of ether oxygens (including phenoxy) is 1. The molecule has 0 saturated heterocycles. The van der Waals surface area contributed by atoms with Crippen molar-refractivity contribution < 1.29 is 23.1 Å². The van der Waals surface area contributed by atoms with Gasteiger partial charge in [-0.2, -0.15) is 4.31 Å². The van der Waals surface area contributed by atoms with E-state index in [-0.39, 0.29) is 17.9 Å². The van der Waals surface area contributed by atoms with Crippen molar-refractivity contribution in [2.45, 2.75) is 17.9 Å². The number of nitrogens with zero attached hydrogens (tertiary/aromatic N) is 1. The van der Waals surface area contributed by atoms with Gasteiger partial charge in [0, 0.05) is 19.2 Å². The third kappa shape index (κ3) is 4.12. The molecule has 0 aliphatic rings. The second kappa shape index (κ2) is 7.46. The number of benzene rings is 2. The molecular weight excluding hydrogens is 330 g/mol. The number of carboxylic acids is 1. The van der Waals surface area contributed by atoms with Gasteiger partial charge in [0.1, 0.15) is 5.75 Å². The number of hydrogen-bond acceptors (Lipinski definition) is 4. The minimum Gasteiger partial charge on any atom is -0.496 e. The molecule has 0 aliphatic carbocycles. The van der Waals surface area contributed by atoms with Crippen LogP contribution < -0.4 is 4.74 Å². The molecule has 0 aliphatic heterocycles. The zero-order valence-corrected chi connectivity index (χ0v) is 14.3. The Morgan fingerprint density at radius 2 is 1.83 bits per heavy atom. The summed E-state index contributed by atoms with van der Waals surface area (Å²) in [6.45, 7) is 0.226. The fourth-order valence-corrected chi connectivity index (χ4v) is 3.53. The van der Waals surface area contributed by atoms with E-state index in [2.05, 4.69) is 0 Å². The Labute approximate surface area is 141 Å². The lowest BCUT2D eigenvalue weighted by atomic mass is 10.1. The van der Waals surface area contributed by atoms with Gasteiger partial charge in [0.05, 0.1) is 18.4 Å². The number of rotatable bonds is 7. The maximum absolute atomic E-state index is 12.7. The van der Waals surface area contributed by atoms with E-state index >= 15 is 0 Å². The average molecular weight is 349 g/mol. The Kier molecular flexibility index (Phi) is 5.58. The van der Waals surface area contributed by atoms with Crippen molar-refractivity contribution in [2.75, 3.05) is 14.2 Å². The number of carbonyl (C=O) groups is 1. The standard InChI is InChI=1S/C17H19NO5S/c1-18(12-13-6-4-3-5-7-13)24(21,22)15-8-9-16(23-2)14(10-15)11-17(19)20/h3-10H,11-12H2,1-2H3,(H,19,20). The van der Waals surface area contributed by atoms with Gasteiger partial charge < -0.3 is 9.84 Å². The van der Waals surface area contributed by atoms with Gasteiger partial charge >= 0.3 is 5.97 Å². The van der Waals surface area contributed by atoms with Gasteiger partial charge in [-0.1, -0.05) is 30.3 Å². The van der Waals surface area contributed by atoms with Crippen LogP contribution in [0.25, 0.3) is 0 Å². The van der Waals surface area contributed by atoms with Gasteiger partial charge in [-0.25, -0.2) is 8.42 Å². The summed E-state index contributed by atoms with van der Waals surface area (Å²) in [5.74, 6) is -0.706. The van der Waals surface area contributed by atoms with Crippen LogP contribution in [0.3, 0.4) is 0 Å². The molecule has 0 spiro atoms. The Bertz CT molecular complexity index is 818. The van der Waals surface area contributed by atoms with Crippen LogP contribution in [0.4, 0.5) is 0 Å². The molecule has 0 atom stereocenters. The normalized spacial score (nSPS) is 11.5. The summed E-state index contributed by atoms with van der Waals surface area (Å²) in [7, 11) is -0.833. The van der Waals surface area contributed by atoms with Crippen LogP contribution in [0, 0.1) is 0 Å². The van der Waals surface area contributed by atoms with Crippen molar-refractivity contribution in [3.05, 3.63) is 59.7 Å². The average Bonchev–Trinajstić information content (AvgIpc) is 2.55. The van der Waals surface area contributed by atoms with E-state index in [1.54, 1.807) is 0 Å². The van der Waals surface area contributed by atoms with Crippen molar-refractivity contribution in [1.29, 1.82) is 0 Å². The number of carboxylic acid groups (broad SMARTS) is 1. The van der Waals surface area contributed by atoms with E-state index in [0.717, 1.165) is 5.56 Å². The summed E-state index contributed by atoms with van der Waals surface area (Å²) >= 11 is 0. The minimum atomic E-state index is -3.74. The SMILES string of the molecule is COc1ccc(S(=O)(=O)N(C)Cc2ccccc2)cc1CC(=O)O. The first-order valence-electron chi connectivity index (χ1n) is 7.23. The topological polar surface area (TPSA) is 83.9 Å². The molecular formula is C17H19NO5S. The number of hydrogen-bond donors (Lipinski definition) is 1. The lowest BCUT2D eigenvalue weighted by molar-refractivity contribution is -0.136. The van der Waals surface area contributed by atoms with Gasteiger partial charge in [-0.05, 0) is 23.8 Å². The maximum atomic E-state index is 12.7. The Hall–Kier alpha value is -2.38. The van der Waals surface area contributed by atoms with Crippen molar-refractivity contribution in [1.82, 2.24) is 4.31 Å². The van der Waals surface area contributed by atoms with Gasteiger partial charge in [-0.3, -0.25) is 4.79 Å². The minimum absolute atomic E-state index is 0.0398. The molecule has 0 fully saturated rings. The number of aliphatic carboxylic acids is 1. The Morgan fingerprint density at radius 1 is 1.17 bits per heavy atom. The largest absolute Gasteiger partial charge is 0.496 e. The van der Waals surface area contributed by atoms with Gasteiger partial charge in [0.15, 0.2) is 0 Å². The fraction of sp³-hybridized carbons (Fsp3) is 0.235. The molecule has 0 radical (unpaired) electrons. The van der Waals surface area contributed by atoms with E-state index < -0.39 is 16.0 Å². The van der Waals surface area contributed by atoms with Crippen LogP contribution in [0.2, 0.25) is 0 Å². The second-order valence-electron chi connectivity index (χ2n) is 5.29. The van der Waals surface area contributed by atoms with Gasteiger partial charge in [-0.15, -0.1) is 0 Å². The summed E-state index contributed by atoms with van der Waals surface area (Å²) < 4.78 is 31.8. The molecule has 2 aromatic carbocycles. The molecule has 0 heterocycles. The molecule has 6 nitrogen and oxygen atoms in total. The first kappa shape index (κ1) is 18.0. The highest BCUT2D eigenvalue weighted by atomic mass is 32.2. The van der Waals surface area contributed by atoms with Gasteiger partial charge in [0.25, 0.3) is 0 Å². The predicted octanol–water partition coefficient (Wildman–Crippen LogP) is 2.14. The summed E-state index contributed by atoms with van der Waals surface area (Å²) in [5.41, 5.74) is 1.18. The van der Waals surface area contributed by atoms with Crippen molar-refractivity contribution in [3.8, 4) is 5.75 Å². The van der Waals surface area contributed by atoms with Crippen LogP contribution in [0.5, 0.6) is 5.75 Å². The number of sulfonamides is 1. The fourth-order valence-electron chi connectivity index (χ4n) is 2.32. The molecule has 24 heavy (non-hydrogen) atoms. The summed E-state index contributed by atoms with van der Waals surface area (Å²) in [4.78, 5) is 11.0. The van der Waals surface area contributed by atoms with Crippen molar-refractivity contribution in [3.63, 3.8) is 0 Å². The molecule has 0 bridgehead atoms. The Morgan fingerprint density at radius 3 is 2.42 bits per heavy atom. The van der Waals surface area contributed by atoms with Gasteiger partial charge in [0.2, 0.25) is 10.0 Å². The summed E-state index contributed by atoms with van der Waals surface area (Å²) in [6, 6.07) is 13.5. The second-order valence-corrected chi connectivity index (χ2v) is 7.34. The van der Waals surface area contributed by atoms with E-state index in [1.165, 1.54) is 36.7 Å². The van der Waals surface area contributed by atoms with Crippen molar-refractivity contribution >= 4 is 16.0 Å². The quantitative estimate of drug-likeness (QED) is 0.828. The smallest absolute Gasteiger partial charge is 0.307 e. The van der Waals surface area contributed by atoms with Crippen LogP contribution in [0.1, 0.15) is 11.1 Å². The highest BCUT2D eigenvalue weighted by Crippen LogP contribution is 2.25. The summed E-state index contributed by atoms with van der Waals surface area (Å²) in [5, 5.41) is 8.97. The van der Waals surface area contributed by atoms with Crippen LogP contribution in [0.15, 0.2) is 53.4 Å². The molecule has 2 aromatic rings. The highest BCUT2D eigenvalue weighted by molar-refractivity contribution is 7.89. The molecule has 0 amide bonds. The molecule has 1 N–H and O–H groups in total. The van der Waals surface area contributed by atoms with E-state index in [4.69, 9.17) is 9.84 Å². The molecule has 0 aromatic heterocycles. The lowest BCUT2D eigenvalue weighted by Crippen LogP contribution is -2.26. The summed E-state index contributed by atoms with van der Waals surface area (Å²) in [6.07, 6.45) is -0.311. The zero-order chi connectivity index (χ0) is 17.7. The zero-order valence-electron chi connectivity index (χ0n) is 13.5. The maximum Gasteiger partial charge on any atom is 0.307 e. The first-order chi connectivity index (χ1) is 11.3. The highest BCUT2D eigenvalue weighted by Gasteiger charge is 2.22. The predicted molar refractivity (Wildman–Crippen MR) is 89.4 cm³/mol.